The molecular formula is C19H21Cl2N5S. The third kappa shape index (κ3) is 5.56. The molecule has 0 aromatic heterocycles. The Morgan fingerprint density at radius 3 is 2.52 bits per heavy atom. The molecule has 3 rings (SSSR count). The van der Waals surface area contributed by atoms with E-state index in [9.17, 15) is 0 Å². The van der Waals surface area contributed by atoms with Gasteiger partial charge in [-0.25, -0.2) is 0 Å². The van der Waals surface area contributed by atoms with Gasteiger partial charge < -0.3 is 10.6 Å². The van der Waals surface area contributed by atoms with Crippen LogP contribution in [-0.4, -0.2) is 42.4 Å². The number of nitrogens with two attached hydrogens (primary N) is 1. The van der Waals surface area contributed by atoms with Crippen molar-refractivity contribution in [1.82, 2.24) is 10.3 Å². The molecule has 1 aliphatic heterocycles. The van der Waals surface area contributed by atoms with E-state index >= 15 is 0 Å². The van der Waals surface area contributed by atoms with E-state index in [0.717, 1.165) is 49.0 Å². The number of benzene rings is 2. The highest BCUT2D eigenvalue weighted by atomic mass is 35.5. The van der Waals surface area contributed by atoms with E-state index < -0.39 is 0 Å². The molecule has 2 aromatic carbocycles. The van der Waals surface area contributed by atoms with Gasteiger partial charge in [-0.15, -0.1) is 0 Å². The van der Waals surface area contributed by atoms with Crippen molar-refractivity contribution in [1.29, 1.82) is 0 Å². The first-order valence-electron chi connectivity index (χ1n) is 8.61. The SMILES string of the molecule is NC(=S)N/N=C/c1ccc(N2CCN(Cc3ccccc3Cl)CC2)cc1Cl. The number of anilines is 1. The van der Waals surface area contributed by atoms with Gasteiger partial charge in [0.25, 0.3) is 0 Å². The molecule has 0 saturated carbocycles. The van der Waals surface area contributed by atoms with Crippen molar-refractivity contribution in [2.45, 2.75) is 6.54 Å². The van der Waals surface area contributed by atoms with Crippen LogP contribution in [-0.2, 0) is 6.54 Å². The van der Waals surface area contributed by atoms with Crippen LogP contribution >= 0.6 is 35.4 Å². The maximum Gasteiger partial charge on any atom is 0.184 e. The van der Waals surface area contributed by atoms with Crippen molar-refractivity contribution in [2.24, 2.45) is 10.8 Å². The number of thiocarbonyl (C=S) groups is 1. The molecule has 142 valence electrons. The topological polar surface area (TPSA) is 56.9 Å². The van der Waals surface area contributed by atoms with Crippen LogP contribution in [0.5, 0.6) is 0 Å². The summed E-state index contributed by atoms with van der Waals surface area (Å²) in [5.74, 6) is 0. The van der Waals surface area contributed by atoms with Crippen LogP contribution in [0.1, 0.15) is 11.1 Å². The summed E-state index contributed by atoms with van der Waals surface area (Å²) in [6.45, 7) is 4.71. The Bertz CT molecular complexity index is 835. The van der Waals surface area contributed by atoms with E-state index in [1.165, 1.54) is 5.56 Å². The number of hydrogen-bond donors (Lipinski definition) is 2. The van der Waals surface area contributed by atoms with Gasteiger partial charge in [0, 0.05) is 49.0 Å². The first-order valence-corrected chi connectivity index (χ1v) is 9.78. The molecule has 1 heterocycles. The summed E-state index contributed by atoms with van der Waals surface area (Å²) in [5.41, 5.74) is 10.9. The normalized spacial score (nSPS) is 15.3. The zero-order valence-corrected chi connectivity index (χ0v) is 17.1. The Balaban J connectivity index is 1.58. The van der Waals surface area contributed by atoms with Crippen molar-refractivity contribution < 1.29 is 0 Å². The second kappa shape index (κ2) is 9.37. The summed E-state index contributed by atoms with van der Waals surface area (Å²) in [6.07, 6.45) is 1.60. The van der Waals surface area contributed by atoms with E-state index in [4.69, 9.17) is 41.2 Å². The van der Waals surface area contributed by atoms with Crippen molar-refractivity contribution in [3.05, 3.63) is 63.6 Å². The summed E-state index contributed by atoms with van der Waals surface area (Å²) < 4.78 is 0. The molecule has 0 unspecified atom stereocenters. The molecule has 27 heavy (non-hydrogen) atoms. The Morgan fingerprint density at radius 2 is 1.85 bits per heavy atom. The Morgan fingerprint density at radius 1 is 1.11 bits per heavy atom. The molecule has 0 bridgehead atoms. The summed E-state index contributed by atoms with van der Waals surface area (Å²) in [5, 5.41) is 5.53. The van der Waals surface area contributed by atoms with E-state index in [1.54, 1.807) is 6.21 Å². The van der Waals surface area contributed by atoms with Crippen LogP contribution < -0.4 is 16.1 Å². The molecular weight excluding hydrogens is 401 g/mol. The van der Waals surface area contributed by atoms with Crippen molar-refractivity contribution >= 4 is 52.4 Å². The molecule has 1 saturated heterocycles. The van der Waals surface area contributed by atoms with Crippen molar-refractivity contribution in [2.75, 3.05) is 31.1 Å². The van der Waals surface area contributed by atoms with Gasteiger partial charge in [-0.1, -0.05) is 41.4 Å². The van der Waals surface area contributed by atoms with Crippen LogP contribution in [0.2, 0.25) is 10.0 Å². The molecule has 5 nitrogen and oxygen atoms in total. The minimum absolute atomic E-state index is 0.119. The number of hydrazone groups is 1. The van der Waals surface area contributed by atoms with Gasteiger partial charge in [0.15, 0.2) is 5.11 Å². The number of rotatable bonds is 5. The van der Waals surface area contributed by atoms with Crippen LogP contribution in [0.4, 0.5) is 5.69 Å². The van der Waals surface area contributed by atoms with Crippen molar-refractivity contribution in [3.8, 4) is 0 Å². The fourth-order valence-electron chi connectivity index (χ4n) is 3.01. The molecule has 0 aliphatic carbocycles. The summed E-state index contributed by atoms with van der Waals surface area (Å²) in [7, 11) is 0. The number of hydrogen-bond acceptors (Lipinski definition) is 4. The minimum Gasteiger partial charge on any atom is -0.375 e. The lowest BCUT2D eigenvalue weighted by Crippen LogP contribution is -2.46. The maximum atomic E-state index is 6.38. The van der Waals surface area contributed by atoms with Crippen LogP contribution in [0, 0.1) is 0 Å². The zero-order chi connectivity index (χ0) is 19.2. The van der Waals surface area contributed by atoms with Gasteiger partial charge in [-0.3, -0.25) is 10.3 Å². The first kappa shape index (κ1) is 19.9. The Hall–Kier alpha value is -1.86. The van der Waals surface area contributed by atoms with Gasteiger partial charge in [-0.05, 0) is 42.0 Å². The van der Waals surface area contributed by atoms with Gasteiger partial charge in [0.2, 0.25) is 0 Å². The van der Waals surface area contributed by atoms with Crippen LogP contribution in [0.25, 0.3) is 0 Å². The van der Waals surface area contributed by atoms with E-state index in [2.05, 4.69) is 32.5 Å². The molecule has 0 spiro atoms. The van der Waals surface area contributed by atoms with Gasteiger partial charge >= 0.3 is 0 Å². The van der Waals surface area contributed by atoms with Gasteiger partial charge in [0.05, 0.1) is 11.2 Å². The average Bonchev–Trinajstić information content (AvgIpc) is 2.65. The number of halogens is 2. The molecule has 8 heteroatoms. The lowest BCUT2D eigenvalue weighted by Gasteiger charge is -2.36. The highest BCUT2D eigenvalue weighted by molar-refractivity contribution is 7.80. The predicted octanol–water partition coefficient (Wildman–Crippen LogP) is 3.48. The van der Waals surface area contributed by atoms with Crippen LogP contribution in [0.3, 0.4) is 0 Å². The van der Waals surface area contributed by atoms with Gasteiger partial charge in [-0.2, -0.15) is 5.10 Å². The minimum atomic E-state index is 0.119. The summed E-state index contributed by atoms with van der Waals surface area (Å²) in [6, 6.07) is 14.0. The smallest absolute Gasteiger partial charge is 0.184 e. The standard InChI is InChI=1S/C19H21Cl2N5S/c20-17-4-2-1-3-15(17)13-25-7-9-26(10-8-25)16-6-5-14(18(21)11-16)12-23-24-19(22)27/h1-6,11-12H,7-10,13H2,(H3,22,24,27)/b23-12+. The molecule has 0 amide bonds. The summed E-state index contributed by atoms with van der Waals surface area (Å²) >= 11 is 17.4. The third-order valence-corrected chi connectivity index (χ3v) is 5.24. The third-order valence-electron chi connectivity index (χ3n) is 4.45. The lowest BCUT2D eigenvalue weighted by atomic mass is 10.1. The highest BCUT2D eigenvalue weighted by Gasteiger charge is 2.18. The molecule has 3 N–H and O–H groups in total. The fourth-order valence-corrected chi connectivity index (χ4v) is 3.49. The molecule has 1 fully saturated rings. The Labute approximate surface area is 174 Å². The zero-order valence-electron chi connectivity index (χ0n) is 14.7. The molecule has 0 atom stereocenters. The second-order valence-corrected chi connectivity index (χ2v) is 7.55. The molecule has 1 aliphatic rings. The van der Waals surface area contributed by atoms with Crippen molar-refractivity contribution in [3.63, 3.8) is 0 Å². The monoisotopic (exact) mass is 421 g/mol. The molecule has 0 radical (unpaired) electrons. The maximum absolute atomic E-state index is 6.38. The first-order chi connectivity index (χ1) is 13.0. The van der Waals surface area contributed by atoms with Gasteiger partial charge in [0.1, 0.15) is 0 Å². The molecule has 2 aromatic rings. The quantitative estimate of drug-likeness (QED) is 0.439. The lowest BCUT2D eigenvalue weighted by molar-refractivity contribution is 0.250. The second-order valence-electron chi connectivity index (χ2n) is 6.29. The number of nitrogens with zero attached hydrogens (tertiary/aromatic N) is 3. The largest absolute Gasteiger partial charge is 0.375 e. The van der Waals surface area contributed by atoms with E-state index in [1.807, 2.05) is 30.3 Å². The van der Waals surface area contributed by atoms with E-state index in [0.29, 0.717) is 5.02 Å². The number of nitrogens with one attached hydrogen (secondary N) is 1. The summed E-state index contributed by atoms with van der Waals surface area (Å²) in [4.78, 5) is 4.75. The highest BCUT2D eigenvalue weighted by Crippen LogP contribution is 2.25. The number of piperazine rings is 1. The van der Waals surface area contributed by atoms with E-state index in [-0.39, 0.29) is 5.11 Å². The fraction of sp³-hybridized carbons (Fsp3) is 0.263. The predicted molar refractivity (Wildman–Crippen MR) is 118 cm³/mol. The average molecular weight is 422 g/mol. The van der Waals surface area contributed by atoms with Crippen LogP contribution in [0.15, 0.2) is 47.6 Å². The Kier molecular flexibility index (Phi) is 6.90.